The molecule has 138 valence electrons. The largest absolute Gasteiger partial charge is 0.478 e. The molecule has 6 heteroatoms. The Kier molecular flexibility index (Phi) is 5.94. The van der Waals surface area contributed by atoms with E-state index in [1.807, 2.05) is 61.7 Å². The Morgan fingerprint density at radius 2 is 2.00 bits per heavy atom. The summed E-state index contributed by atoms with van der Waals surface area (Å²) in [5, 5.41) is 16.1. The third-order valence-corrected chi connectivity index (χ3v) is 5.29. The second-order valence-corrected chi connectivity index (χ2v) is 7.34. The van der Waals surface area contributed by atoms with Gasteiger partial charge < -0.3 is 10.4 Å². The number of hydrogen-bond donors (Lipinski definition) is 2. The highest BCUT2D eigenvalue weighted by Gasteiger charge is 2.12. The molecule has 0 unspecified atom stereocenters. The molecule has 0 bridgehead atoms. The lowest BCUT2D eigenvalue weighted by molar-refractivity contribution is -0.131. The van der Waals surface area contributed by atoms with E-state index in [-0.39, 0.29) is 0 Å². The summed E-state index contributed by atoms with van der Waals surface area (Å²) in [6.45, 7) is 3.91. The van der Waals surface area contributed by atoms with E-state index >= 15 is 0 Å². The zero-order valence-corrected chi connectivity index (χ0v) is 16.6. The van der Waals surface area contributed by atoms with E-state index in [2.05, 4.69) is 10.3 Å². The number of thiazole rings is 1. The minimum Gasteiger partial charge on any atom is -0.478 e. The summed E-state index contributed by atoms with van der Waals surface area (Å²) >= 11 is 7.56. The highest BCUT2D eigenvalue weighted by Crippen LogP contribution is 2.35. The van der Waals surface area contributed by atoms with Gasteiger partial charge >= 0.3 is 5.97 Å². The first kappa shape index (κ1) is 19.1. The molecule has 0 fully saturated rings. The molecule has 3 aromatic rings. The maximum atomic E-state index is 11.1. The molecule has 0 spiro atoms. The topological polar surface area (TPSA) is 62.2 Å². The van der Waals surface area contributed by atoms with E-state index in [0.29, 0.717) is 11.4 Å². The third kappa shape index (κ3) is 4.76. The number of aryl methyl sites for hydroxylation is 1. The van der Waals surface area contributed by atoms with Crippen molar-refractivity contribution < 1.29 is 9.90 Å². The van der Waals surface area contributed by atoms with Gasteiger partial charge in [0.25, 0.3) is 0 Å². The second kappa shape index (κ2) is 8.37. The highest BCUT2D eigenvalue weighted by atomic mass is 35.5. The Bertz CT molecular complexity index is 994. The van der Waals surface area contributed by atoms with Crippen LogP contribution in [0.4, 0.5) is 11.4 Å². The lowest BCUT2D eigenvalue weighted by Crippen LogP contribution is -1.97. The molecule has 2 aromatic carbocycles. The fraction of sp³-hybridized carbons (Fsp3) is 0.143. The number of nitrogens with one attached hydrogen (secondary N) is 1. The van der Waals surface area contributed by atoms with E-state index in [0.717, 1.165) is 38.8 Å². The van der Waals surface area contributed by atoms with Gasteiger partial charge in [-0.3, -0.25) is 0 Å². The predicted molar refractivity (Wildman–Crippen MR) is 113 cm³/mol. The molecular weight excluding hydrogens is 380 g/mol. The van der Waals surface area contributed by atoms with E-state index in [1.54, 1.807) is 11.3 Å². The SMILES string of the molecule is CC/C(=C\C(=O)O)c1ccc(-c2nc(C)cs2)c(Nc2ccc(Cl)cc2)c1. The number of allylic oxidation sites excluding steroid dienone is 1. The summed E-state index contributed by atoms with van der Waals surface area (Å²) in [6.07, 6.45) is 1.89. The summed E-state index contributed by atoms with van der Waals surface area (Å²) in [4.78, 5) is 15.7. The quantitative estimate of drug-likeness (QED) is 0.472. The minimum atomic E-state index is -0.946. The van der Waals surface area contributed by atoms with Gasteiger partial charge in [-0.05, 0) is 60.9 Å². The molecule has 0 amide bonds. The number of carboxylic acids is 1. The Hall–Kier alpha value is -2.63. The van der Waals surface area contributed by atoms with Gasteiger partial charge in [0.1, 0.15) is 5.01 Å². The summed E-state index contributed by atoms with van der Waals surface area (Å²) in [5.41, 5.74) is 5.34. The first-order valence-electron chi connectivity index (χ1n) is 8.49. The van der Waals surface area contributed by atoms with Crippen molar-refractivity contribution in [2.24, 2.45) is 0 Å². The summed E-state index contributed by atoms with van der Waals surface area (Å²) < 4.78 is 0. The first-order valence-corrected chi connectivity index (χ1v) is 9.75. The van der Waals surface area contributed by atoms with Crippen molar-refractivity contribution >= 4 is 45.9 Å². The zero-order chi connectivity index (χ0) is 19.4. The summed E-state index contributed by atoms with van der Waals surface area (Å²) in [7, 11) is 0. The van der Waals surface area contributed by atoms with Crippen LogP contribution in [0.3, 0.4) is 0 Å². The molecule has 0 aliphatic rings. The normalized spacial score (nSPS) is 11.4. The van der Waals surface area contributed by atoms with Crippen molar-refractivity contribution in [3.63, 3.8) is 0 Å². The van der Waals surface area contributed by atoms with Gasteiger partial charge in [0.15, 0.2) is 0 Å². The minimum absolute atomic E-state index is 0.627. The molecule has 0 aliphatic carbocycles. The fourth-order valence-electron chi connectivity index (χ4n) is 2.74. The van der Waals surface area contributed by atoms with E-state index < -0.39 is 5.97 Å². The van der Waals surface area contributed by atoms with Crippen LogP contribution in [0.1, 0.15) is 24.6 Å². The molecule has 1 aromatic heterocycles. The third-order valence-electron chi connectivity index (χ3n) is 4.04. The van der Waals surface area contributed by atoms with Crippen LogP contribution in [-0.2, 0) is 4.79 Å². The summed E-state index contributed by atoms with van der Waals surface area (Å²) in [5.74, 6) is -0.946. The number of nitrogens with zero attached hydrogens (tertiary/aromatic N) is 1. The highest BCUT2D eigenvalue weighted by molar-refractivity contribution is 7.13. The van der Waals surface area contributed by atoms with Gasteiger partial charge in [0.2, 0.25) is 0 Å². The molecule has 0 atom stereocenters. The second-order valence-electron chi connectivity index (χ2n) is 6.05. The van der Waals surface area contributed by atoms with Crippen molar-refractivity contribution in [2.75, 3.05) is 5.32 Å². The average Bonchev–Trinajstić information content (AvgIpc) is 3.07. The maximum absolute atomic E-state index is 11.1. The van der Waals surface area contributed by atoms with Gasteiger partial charge in [-0.1, -0.05) is 24.6 Å². The van der Waals surface area contributed by atoms with E-state index in [4.69, 9.17) is 16.7 Å². The zero-order valence-electron chi connectivity index (χ0n) is 15.0. The van der Waals surface area contributed by atoms with Crippen LogP contribution in [0, 0.1) is 6.92 Å². The molecule has 1 heterocycles. The van der Waals surface area contributed by atoms with E-state index in [1.165, 1.54) is 6.08 Å². The van der Waals surface area contributed by atoms with Crippen molar-refractivity contribution in [3.05, 3.63) is 70.2 Å². The number of halogens is 1. The predicted octanol–water partition coefficient (Wildman–Crippen LogP) is 6.39. The van der Waals surface area contributed by atoms with Gasteiger partial charge in [0.05, 0.1) is 0 Å². The average molecular weight is 399 g/mol. The number of rotatable bonds is 6. The molecule has 2 N–H and O–H groups in total. The van der Waals surface area contributed by atoms with E-state index in [9.17, 15) is 4.79 Å². The molecule has 4 nitrogen and oxygen atoms in total. The van der Waals surface area contributed by atoms with Crippen molar-refractivity contribution in [1.82, 2.24) is 4.98 Å². The van der Waals surface area contributed by atoms with Crippen LogP contribution in [0.25, 0.3) is 16.1 Å². The van der Waals surface area contributed by atoms with Gasteiger partial charge in [-0.25, -0.2) is 9.78 Å². The molecule has 0 saturated heterocycles. The molecular formula is C21H19ClN2O2S. The van der Waals surface area contributed by atoms with Crippen molar-refractivity contribution in [3.8, 4) is 10.6 Å². The molecule has 27 heavy (non-hydrogen) atoms. The number of aliphatic carboxylic acids is 1. The Labute approximate surface area is 167 Å². The fourth-order valence-corrected chi connectivity index (χ4v) is 3.70. The Balaban J connectivity index is 2.08. The molecule has 0 saturated carbocycles. The summed E-state index contributed by atoms with van der Waals surface area (Å²) in [6, 6.07) is 13.3. The van der Waals surface area contributed by atoms with Gasteiger partial charge in [-0.15, -0.1) is 11.3 Å². The van der Waals surface area contributed by atoms with Gasteiger partial charge in [-0.2, -0.15) is 0 Å². The monoisotopic (exact) mass is 398 g/mol. The maximum Gasteiger partial charge on any atom is 0.328 e. The van der Waals surface area contributed by atoms with Crippen LogP contribution in [0.2, 0.25) is 5.02 Å². The van der Waals surface area contributed by atoms with Crippen LogP contribution in [-0.4, -0.2) is 16.1 Å². The van der Waals surface area contributed by atoms with Crippen LogP contribution >= 0.6 is 22.9 Å². The van der Waals surface area contributed by atoms with Crippen LogP contribution in [0.5, 0.6) is 0 Å². The number of benzene rings is 2. The first-order chi connectivity index (χ1) is 13.0. The van der Waals surface area contributed by atoms with Crippen molar-refractivity contribution in [1.29, 1.82) is 0 Å². The van der Waals surface area contributed by atoms with Gasteiger partial charge in [0, 0.05) is 39.1 Å². The molecule has 3 rings (SSSR count). The molecule has 0 aliphatic heterocycles. The van der Waals surface area contributed by atoms with Crippen LogP contribution < -0.4 is 5.32 Å². The number of hydrogen-bond acceptors (Lipinski definition) is 4. The smallest absolute Gasteiger partial charge is 0.328 e. The lowest BCUT2D eigenvalue weighted by Gasteiger charge is -2.14. The standard InChI is InChI=1S/C21H19ClN2O2S/c1-3-14(11-20(25)26)15-4-9-18(21-23-13(2)12-27-21)19(10-15)24-17-7-5-16(22)6-8-17/h4-12,24H,3H2,1-2H3,(H,25,26)/b14-11+. The Morgan fingerprint density at radius 3 is 2.59 bits per heavy atom. The van der Waals surface area contributed by atoms with Crippen LogP contribution in [0.15, 0.2) is 53.9 Å². The van der Waals surface area contributed by atoms with Crippen molar-refractivity contribution in [2.45, 2.75) is 20.3 Å². The Morgan fingerprint density at radius 1 is 1.26 bits per heavy atom. The molecule has 0 radical (unpaired) electrons. The number of aromatic nitrogens is 1. The number of carbonyl (C=O) groups is 1. The number of anilines is 2. The number of carboxylic acid groups (broad SMARTS) is 1. The lowest BCUT2D eigenvalue weighted by atomic mass is 10.00.